The first-order valence-corrected chi connectivity index (χ1v) is 10.6. The van der Waals surface area contributed by atoms with Crippen molar-refractivity contribution in [2.45, 2.75) is 32.1 Å². The second-order valence-corrected chi connectivity index (χ2v) is 7.75. The predicted molar refractivity (Wildman–Crippen MR) is 117 cm³/mol. The van der Waals surface area contributed by atoms with Crippen molar-refractivity contribution >= 4 is 17.6 Å². The lowest BCUT2D eigenvalue weighted by molar-refractivity contribution is 0.100. The van der Waals surface area contributed by atoms with Gasteiger partial charge in [-0.2, -0.15) is 0 Å². The zero-order valence-electron chi connectivity index (χ0n) is 17.4. The second-order valence-electron chi connectivity index (χ2n) is 7.75. The van der Waals surface area contributed by atoms with Crippen molar-refractivity contribution in [2.24, 2.45) is 5.73 Å². The van der Waals surface area contributed by atoms with Crippen LogP contribution >= 0.6 is 0 Å². The molecule has 1 aliphatic rings. The van der Waals surface area contributed by atoms with Crippen molar-refractivity contribution in [1.29, 1.82) is 0 Å². The number of amides is 3. The van der Waals surface area contributed by atoms with Crippen molar-refractivity contribution in [1.82, 2.24) is 10.2 Å². The van der Waals surface area contributed by atoms with Crippen LogP contribution in [0.1, 0.15) is 42.5 Å². The molecule has 1 fully saturated rings. The van der Waals surface area contributed by atoms with E-state index >= 15 is 0 Å². The highest BCUT2D eigenvalue weighted by molar-refractivity contribution is 5.94. The Morgan fingerprint density at radius 3 is 2.35 bits per heavy atom. The van der Waals surface area contributed by atoms with Gasteiger partial charge < -0.3 is 21.3 Å². The van der Waals surface area contributed by atoms with Crippen LogP contribution in [0.2, 0.25) is 0 Å². The average Bonchev–Trinajstić information content (AvgIpc) is 2.76. The van der Waals surface area contributed by atoms with E-state index in [1.807, 2.05) is 0 Å². The first kappa shape index (κ1) is 22.7. The number of unbranched alkanes of at least 4 members (excludes halogenated alkanes) is 1. The number of hydrogen-bond acceptors (Lipinski definition) is 3. The monoisotopic (exact) mass is 430 g/mol. The Labute approximate surface area is 180 Å². The van der Waals surface area contributed by atoms with E-state index in [2.05, 4.69) is 15.5 Å². The molecule has 0 aliphatic carbocycles. The first-order valence-electron chi connectivity index (χ1n) is 10.6. The standard InChI is InChI=1S/C23H28F2N4O2/c24-19-14-18(16-7-6-8-17(13-16)22(26)30)15-20(25)21(19)28-23(31)27-9-2-5-12-29-10-3-1-4-11-29/h6-8,13-15H,1-5,9-12H2,(H2,26,30)(H2,27,28,31). The summed E-state index contributed by atoms with van der Waals surface area (Å²) in [6.07, 6.45) is 5.54. The van der Waals surface area contributed by atoms with Crippen LogP contribution in [0.5, 0.6) is 0 Å². The van der Waals surface area contributed by atoms with E-state index < -0.39 is 29.3 Å². The molecule has 3 rings (SSSR count). The number of nitrogens with two attached hydrogens (primary N) is 1. The summed E-state index contributed by atoms with van der Waals surface area (Å²) >= 11 is 0. The second kappa shape index (κ2) is 10.9. The Bertz CT molecular complexity index is 907. The van der Waals surface area contributed by atoms with Crippen LogP contribution in [0.15, 0.2) is 36.4 Å². The lowest BCUT2D eigenvalue weighted by Gasteiger charge is -2.26. The number of anilines is 1. The summed E-state index contributed by atoms with van der Waals surface area (Å²) in [5.74, 6) is -2.44. The van der Waals surface area contributed by atoms with Gasteiger partial charge in [-0.25, -0.2) is 13.6 Å². The Balaban J connectivity index is 1.52. The summed E-state index contributed by atoms with van der Waals surface area (Å²) in [6.45, 7) is 3.70. The lowest BCUT2D eigenvalue weighted by Crippen LogP contribution is -2.32. The van der Waals surface area contributed by atoms with Crippen LogP contribution in [-0.4, -0.2) is 43.0 Å². The molecule has 1 aliphatic heterocycles. The molecule has 0 atom stereocenters. The maximum atomic E-state index is 14.5. The highest BCUT2D eigenvalue weighted by atomic mass is 19.1. The Morgan fingerprint density at radius 2 is 1.68 bits per heavy atom. The fourth-order valence-electron chi connectivity index (χ4n) is 3.71. The average molecular weight is 430 g/mol. The SMILES string of the molecule is NC(=O)c1cccc(-c2cc(F)c(NC(=O)NCCCCN3CCCCC3)c(F)c2)c1. The van der Waals surface area contributed by atoms with Gasteiger partial charge in [0, 0.05) is 12.1 Å². The lowest BCUT2D eigenvalue weighted by atomic mass is 10.0. The number of benzene rings is 2. The van der Waals surface area contributed by atoms with Crippen LogP contribution in [-0.2, 0) is 0 Å². The number of nitrogens with zero attached hydrogens (tertiary/aromatic N) is 1. The highest BCUT2D eigenvalue weighted by Crippen LogP contribution is 2.28. The molecule has 6 nitrogen and oxygen atoms in total. The summed E-state index contributed by atoms with van der Waals surface area (Å²) in [5.41, 5.74) is 5.66. The maximum Gasteiger partial charge on any atom is 0.319 e. The summed E-state index contributed by atoms with van der Waals surface area (Å²) in [4.78, 5) is 25.8. The van der Waals surface area contributed by atoms with Gasteiger partial charge in [0.05, 0.1) is 0 Å². The highest BCUT2D eigenvalue weighted by Gasteiger charge is 2.15. The summed E-state index contributed by atoms with van der Waals surface area (Å²) in [7, 11) is 0. The molecule has 8 heteroatoms. The maximum absolute atomic E-state index is 14.5. The first-order chi connectivity index (χ1) is 14.9. The summed E-state index contributed by atoms with van der Waals surface area (Å²) < 4.78 is 29.0. The Morgan fingerprint density at radius 1 is 0.968 bits per heavy atom. The molecule has 0 saturated carbocycles. The van der Waals surface area contributed by atoms with Gasteiger partial charge in [0.1, 0.15) is 17.3 Å². The number of primary amides is 1. The van der Waals surface area contributed by atoms with Crippen molar-refractivity contribution in [3.63, 3.8) is 0 Å². The van der Waals surface area contributed by atoms with Gasteiger partial charge in [-0.05, 0) is 80.7 Å². The summed E-state index contributed by atoms with van der Waals surface area (Å²) in [6, 6.07) is 7.74. The normalized spacial score (nSPS) is 14.3. The quantitative estimate of drug-likeness (QED) is 0.551. The Hall–Kier alpha value is -3.00. The van der Waals surface area contributed by atoms with Crippen LogP contribution in [0, 0.1) is 11.6 Å². The van der Waals surface area contributed by atoms with Gasteiger partial charge >= 0.3 is 6.03 Å². The minimum atomic E-state index is -0.903. The zero-order valence-corrected chi connectivity index (χ0v) is 17.4. The molecule has 2 aromatic rings. The van der Waals surface area contributed by atoms with E-state index in [4.69, 9.17) is 5.73 Å². The number of rotatable bonds is 8. The van der Waals surface area contributed by atoms with Gasteiger partial charge in [0.15, 0.2) is 0 Å². The van der Waals surface area contributed by atoms with Crippen molar-refractivity contribution in [3.05, 3.63) is 53.6 Å². The molecule has 166 valence electrons. The van der Waals surface area contributed by atoms with Crippen molar-refractivity contribution in [2.75, 3.05) is 31.5 Å². The molecule has 0 bridgehead atoms. The molecule has 3 amide bonds. The molecular weight excluding hydrogens is 402 g/mol. The molecule has 31 heavy (non-hydrogen) atoms. The third-order valence-corrected chi connectivity index (χ3v) is 5.40. The van der Waals surface area contributed by atoms with E-state index in [0.29, 0.717) is 12.1 Å². The predicted octanol–water partition coefficient (Wildman–Crippen LogP) is 4.12. The topological polar surface area (TPSA) is 87.5 Å². The molecule has 1 heterocycles. The molecule has 0 spiro atoms. The number of hydrogen-bond donors (Lipinski definition) is 3. The molecule has 4 N–H and O–H groups in total. The van der Waals surface area contributed by atoms with E-state index in [0.717, 1.165) is 44.6 Å². The van der Waals surface area contributed by atoms with Crippen LogP contribution < -0.4 is 16.4 Å². The molecule has 0 radical (unpaired) electrons. The number of piperidine rings is 1. The zero-order chi connectivity index (χ0) is 22.2. The number of urea groups is 1. The number of carbonyl (C=O) groups is 2. The number of likely N-dealkylation sites (tertiary alicyclic amines) is 1. The third kappa shape index (κ3) is 6.49. The number of carbonyl (C=O) groups excluding carboxylic acids is 2. The van der Waals surface area contributed by atoms with Gasteiger partial charge in [0.2, 0.25) is 5.91 Å². The molecule has 0 unspecified atom stereocenters. The van der Waals surface area contributed by atoms with Gasteiger partial charge in [-0.3, -0.25) is 4.79 Å². The smallest absolute Gasteiger partial charge is 0.319 e. The van der Waals surface area contributed by atoms with Crippen LogP contribution in [0.3, 0.4) is 0 Å². The van der Waals surface area contributed by atoms with Gasteiger partial charge in [0.25, 0.3) is 0 Å². The van der Waals surface area contributed by atoms with E-state index in [1.54, 1.807) is 12.1 Å². The minimum absolute atomic E-state index is 0.236. The van der Waals surface area contributed by atoms with Crippen molar-refractivity contribution in [3.8, 4) is 11.1 Å². The van der Waals surface area contributed by atoms with E-state index in [9.17, 15) is 18.4 Å². The van der Waals surface area contributed by atoms with E-state index in [1.165, 1.54) is 31.4 Å². The van der Waals surface area contributed by atoms with Crippen molar-refractivity contribution < 1.29 is 18.4 Å². The summed E-state index contributed by atoms with van der Waals surface area (Å²) in [5, 5.41) is 4.88. The third-order valence-electron chi connectivity index (χ3n) is 5.40. The number of nitrogens with one attached hydrogen (secondary N) is 2. The van der Waals surface area contributed by atoms with Crippen LogP contribution in [0.4, 0.5) is 19.3 Å². The van der Waals surface area contributed by atoms with Gasteiger partial charge in [-0.15, -0.1) is 0 Å². The molecular formula is C23H28F2N4O2. The molecule has 2 aromatic carbocycles. The van der Waals surface area contributed by atoms with Crippen LogP contribution in [0.25, 0.3) is 11.1 Å². The Kier molecular flexibility index (Phi) is 7.94. The molecule has 1 saturated heterocycles. The largest absolute Gasteiger partial charge is 0.366 e. The fraction of sp³-hybridized carbons (Fsp3) is 0.391. The van der Waals surface area contributed by atoms with Gasteiger partial charge in [-0.1, -0.05) is 18.6 Å². The van der Waals surface area contributed by atoms with E-state index in [-0.39, 0.29) is 11.1 Å². The number of halogens is 2. The minimum Gasteiger partial charge on any atom is -0.366 e. The fourth-order valence-corrected chi connectivity index (χ4v) is 3.71. The molecule has 0 aromatic heterocycles.